The van der Waals surface area contributed by atoms with Gasteiger partial charge in [0, 0.05) is 0 Å². The van der Waals surface area contributed by atoms with Crippen LogP contribution in [0.3, 0.4) is 0 Å². The average Bonchev–Trinajstić information content (AvgIpc) is 0.722. The topological polar surface area (TPSA) is 63.2 Å². The molecule has 7 heavy (non-hydrogen) atoms. The monoisotopic (exact) mass is 244 g/mol. The summed E-state index contributed by atoms with van der Waals surface area (Å²) in [5, 5.41) is 0. The van der Waals surface area contributed by atoms with Gasteiger partial charge in [0.2, 0.25) is 0 Å². The largest absolute Gasteiger partial charge is 1.00 e. The van der Waals surface area contributed by atoms with Crippen LogP contribution in [0.2, 0.25) is 0 Å². The molecule has 0 saturated carbocycles. The van der Waals surface area contributed by atoms with E-state index in [1.54, 1.807) is 0 Å². The minimum absolute atomic E-state index is 0. The first-order valence-corrected chi connectivity index (χ1v) is 10.6. The van der Waals surface area contributed by atoms with Crippen LogP contribution in [-0.2, 0) is 7.32 Å². The normalized spacial score (nSPS) is 10.6. The molecule has 32 valence electrons. The molecule has 0 spiro atoms. The fourth-order valence-electron chi connectivity index (χ4n) is 0. The van der Waals surface area contributed by atoms with Gasteiger partial charge in [-0.15, -0.1) is 0 Å². The summed E-state index contributed by atoms with van der Waals surface area (Å²) in [6.07, 6.45) is 0. The maximum atomic E-state index is 9.20. The predicted molar refractivity (Wildman–Crippen MR) is 19.6 cm³/mol. The third-order valence-electron chi connectivity index (χ3n) is 0. The summed E-state index contributed by atoms with van der Waals surface area (Å²) in [7, 11) is -3.93. The summed E-state index contributed by atoms with van der Waals surface area (Å²) < 4.78 is 27.6. The van der Waals surface area contributed by atoms with Crippen LogP contribution in [0.4, 0.5) is 0 Å². The Balaban J connectivity index is -0.0000000800. The molecule has 0 amide bonds. The van der Waals surface area contributed by atoms with Gasteiger partial charge in [-0.3, -0.25) is 0 Å². The van der Waals surface area contributed by atoms with E-state index in [0.717, 1.165) is 0 Å². The Labute approximate surface area is 101 Å². The molecule has 0 N–H and O–H groups in total. The molecule has 3 nitrogen and oxygen atoms in total. The van der Waals surface area contributed by atoms with Crippen molar-refractivity contribution >= 4 is 30.2 Å². The summed E-state index contributed by atoms with van der Waals surface area (Å²) in [5.74, 6) is 0. The van der Waals surface area contributed by atoms with Gasteiger partial charge in [0.1, 0.15) is 0 Å². The van der Waals surface area contributed by atoms with Gasteiger partial charge in [0.15, 0.2) is 0 Å². The van der Waals surface area contributed by atoms with Crippen molar-refractivity contribution in [3.8, 4) is 0 Å². The third-order valence-corrected chi connectivity index (χ3v) is 0. The van der Waals surface area contributed by atoms with Gasteiger partial charge in [-0.2, -0.15) is 0 Å². The van der Waals surface area contributed by atoms with E-state index in [0.29, 0.717) is 0 Å². The molecule has 7 heteroatoms. The van der Waals surface area contributed by atoms with E-state index in [1.807, 2.05) is 0 Å². The van der Waals surface area contributed by atoms with Crippen molar-refractivity contribution in [2.45, 2.75) is 0 Å². The molecular weight excluding hydrogens is 241 g/mol. The molecule has 0 bridgehead atoms. The Morgan fingerprint density at radius 2 is 1.29 bits per heavy atom. The number of hydrogen-bond donors (Lipinski definition) is 1. The molecule has 0 fully saturated rings. The fraction of sp³-hybridized carbons (Fsp3) is 0. The van der Waals surface area contributed by atoms with Crippen molar-refractivity contribution in [1.29, 1.82) is 0 Å². The SMILES string of the molecule is O=[SH]([O-])([O-])[InH2].[Na+].[Na+]. The van der Waals surface area contributed by atoms with Gasteiger partial charge >= 0.3 is 103 Å². The van der Waals surface area contributed by atoms with Crippen molar-refractivity contribution < 1.29 is 72.4 Å². The molecule has 0 heterocycles. The second-order valence-electron chi connectivity index (χ2n) is 0.771. The van der Waals surface area contributed by atoms with Crippen LogP contribution in [0.25, 0.3) is 0 Å². The van der Waals surface area contributed by atoms with Crippen molar-refractivity contribution in [3.05, 3.63) is 0 Å². The Kier molecular flexibility index (Phi) is 16.6. The Hall–Kier alpha value is 2.94. The van der Waals surface area contributed by atoms with Crippen LogP contribution in [0.5, 0.6) is 0 Å². The van der Waals surface area contributed by atoms with Crippen molar-refractivity contribution in [2.75, 3.05) is 0 Å². The molecule has 0 saturated heterocycles. The van der Waals surface area contributed by atoms with Gasteiger partial charge < -0.3 is 0 Å². The Bertz CT molecular complexity index is 59.1. The fourth-order valence-corrected chi connectivity index (χ4v) is 0. The van der Waals surface area contributed by atoms with Gasteiger partial charge in [-0.05, 0) is 0 Å². The van der Waals surface area contributed by atoms with E-state index in [2.05, 4.69) is 0 Å². The first-order valence-electron chi connectivity index (χ1n) is 0.995. The van der Waals surface area contributed by atoms with E-state index in [-0.39, 0.29) is 59.1 Å². The van der Waals surface area contributed by atoms with E-state index in [4.69, 9.17) is 0 Å². The first-order chi connectivity index (χ1) is 2.00. The molecule has 0 aliphatic heterocycles. The van der Waals surface area contributed by atoms with E-state index in [1.165, 1.54) is 0 Å². The van der Waals surface area contributed by atoms with E-state index < -0.39 is 30.2 Å². The molecule has 0 unspecified atom stereocenters. The van der Waals surface area contributed by atoms with Gasteiger partial charge in [-0.1, -0.05) is 0 Å². The average molecular weight is 244 g/mol. The molecule has 0 aliphatic carbocycles. The van der Waals surface area contributed by atoms with Gasteiger partial charge in [0.05, 0.1) is 0 Å². The molecule has 0 radical (unpaired) electrons. The summed E-state index contributed by atoms with van der Waals surface area (Å²) >= 11 is -0.698. The van der Waals surface area contributed by atoms with Crippen LogP contribution in [0, 0.1) is 0 Å². The van der Waals surface area contributed by atoms with Crippen molar-refractivity contribution in [2.24, 2.45) is 0 Å². The second kappa shape index (κ2) is 7.05. The molecule has 0 rings (SSSR count). The molecule has 0 aliphatic rings. The zero-order chi connectivity index (χ0) is 4.50. The number of thiol groups is 1. The quantitative estimate of drug-likeness (QED) is 0.340. The Morgan fingerprint density at radius 3 is 1.29 bits per heavy atom. The van der Waals surface area contributed by atoms with E-state index in [9.17, 15) is 13.3 Å². The minimum atomic E-state index is -3.93. The van der Waals surface area contributed by atoms with Crippen molar-refractivity contribution in [3.63, 3.8) is 0 Å². The first kappa shape index (κ1) is 16.5. The standard InChI is InChI=1S/In.2Na.HO3S.2H/c;;;1-4(2)3;;/h;;;4H;;/q;2*+1;-2;;. The van der Waals surface area contributed by atoms with Crippen LogP contribution in [-0.4, -0.2) is 36.2 Å². The van der Waals surface area contributed by atoms with E-state index >= 15 is 0 Å². The van der Waals surface area contributed by atoms with Gasteiger partial charge in [-0.25, -0.2) is 0 Å². The molecule has 0 atom stereocenters. The summed E-state index contributed by atoms with van der Waals surface area (Å²) in [6, 6.07) is 0. The smallest absolute Gasteiger partial charge is 1.00 e. The number of rotatable bonds is 0. The maximum absolute atomic E-state index is 9.20. The predicted octanol–water partition coefficient (Wildman–Crippen LogP) is -8.18. The zero-order valence-corrected chi connectivity index (χ0v) is 15.3. The summed E-state index contributed by atoms with van der Waals surface area (Å²) in [4.78, 5) is 0. The van der Waals surface area contributed by atoms with Crippen LogP contribution in [0.1, 0.15) is 0 Å². The Morgan fingerprint density at radius 1 is 1.29 bits per heavy atom. The van der Waals surface area contributed by atoms with Crippen molar-refractivity contribution in [1.82, 2.24) is 0 Å². The van der Waals surface area contributed by atoms with Crippen LogP contribution >= 0.6 is 0 Å². The second-order valence-corrected chi connectivity index (χ2v) is 11.7. The molecule has 0 aromatic heterocycles. The zero-order valence-electron chi connectivity index (χ0n) is 4.67. The molecule has 0 aromatic rings. The summed E-state index contributed by atoms with van der Waals surface area (Å²) in [6.45, 7) is 0. The third kappa shape index (κ3) is 49.8. The summed E-state index contributed by atoms with van der Waals surface area (Å²) in [5.41, 5.74) is 0. The molecule has 0 aromatic carbocycles. The van der Waals surface area contributed by atoms with Gasteiger partial charge in [0.25, 0.3) is 0 Å². The maximum Gasteiger partial charge on any atom is 1.00 e. The molecular formula is H3InNa2O3S. The minimum Gasteiger partial charge on any atom is 1.00 e. The van der Waals surface area contributed by atoms with Crippen LogP contribution < -0.4 is 59.1 Å². The van der Waals surface area contributed by atoms with Crippen LogP contribution in [0.15, 0.2) is 0 Å². The number of hydrogen-bond acceptors (Lipinski definition) is 3.